The molecule has 2 aliphatic carbocycles. The highest BCUT2D eigenvalue weighted by molar-refractivity contribution is 5.95. The van der Waals surface area contributed by atoms with Gasteiger partial charge in [0.15, 0.2) is 0 Å². The molecule has 0 unspecified atom stereocenters. The Kier molecular flexibility index (Phi) is 11.8. The molecular formula is C50H56N8O8. The maximum absolute atomic E-state index is 12.2. The third-order valence-electron chi connectivity index (χ3n) is 13.0. The van der Waals surface area contributed by atoms with Crippen LogP contribution in [0.4, 0.5) is 23.0 Å². The Balaban J connectivity index is 0.000000166. The minimum atomic E-state index is -0.972. The summed E-state index contributed by atoms with van der Waals surface area (Å²) in [6.07, 6.45) is 10.9. The molecule has 4 aliphatic rings. The van der Waals surface area contributed by atoms with E-state index in [1.54, 1.807) is 50.8 Å². The standard InChI is InChI=1S/2C25H28N4O4/c2*1-13-14(2)32-24(31)17-7-4-15(8-18(13)17)29-22-9-19-20(10-27-22)23(33-16-5-6-16)28-11-21(19)25(3,26)12-30/h2*4,7-11,13-14,16,30H,5-6,12,26H2,1-3H3,(H,27,29)/t13-,14-,25+;13-,14-,25-/m00/s1. The van der Waals surface area contributed by atoms with Crippen LogP contribution in [0.3, 0.4) is 0 Å². The molecule has 344 valence electrons. The largest absolute Gasteiger partial charge is 0.474 e. The monoisotopic (exact) mass is 896 g/mol. The molecule has 10 rings (SSSR count). The van der Waals surface area contributed by atoms with E-state index in [-0.39, 0.29) is 61.4 Å². The first kappa shape index (κ1) is 44.7. The van der Waals surface area contributed by atoms with E-state index in [1.165, 1.54) is 0 Å². The van der Waals surface area contributed by atoms with Crippen molar-refractivity contribution in [3.63, 3.8) is 0 Å². The summed E-state index contributed by atoms with van der Waals surface area (Å²) >= 11 is 0. The molecule has 6 atom stereocenters. The van der Waals surface area contributed by atoms with Gasteiger partial charge in [0.2, 0.25) is 11.8 Å². The summed E-state index contributed by atoms with van der Waals surface area (Å²) in [6, 6.07) is 15.0. The number of carbonyl (C=O) groups is 2. The molecule has 2 fully saturated rings. The molecule has 0 amide bonds. The molecular weight excluding hydrogens is 841 g/mol. The van der Waals surface area contributed by atoms with Gasteiger partial charge in [0, 0.05) is 59.1 Å². The highest BCUT2D eigenvalue weighted by Crippen LogP contribution is 2.39. The van der Waals surface area contributed by atoms with Crippen LogP contribution >= 0.6 is 0 Å². The first-order valence-electron chi connectivity index (χ1n) is 22.5. The smallest absolute Gasteiger partial charge is 0.338 e. The predicted molar refractivity (Wildman–Crippen MR) is 250 cm³/mol. The number of nitrogens with zero attached hydrogens (tertiary/aromatic N) is 4. The Labute approximate surface area is 382 Å². The summed E-state index contributed by atoms with van der Waals surface area (Å²) in [5, 5.41) is 29.6. The van der Waals surface area contributed by atoms with E-state index in [9.17, 15) is 19.8 Å². The first-order chi connectivity index (χ1) is 31.5. The fourth-order valence-electron chi connectivity index (χ4n) is 8.19. The van der Waals surface area contributed by atoms with E-state index in [4.69, 9.17) is 30.4 Å². The van der Waals surface area contributed by atoms with Gasteiger partial charge in [0.25, 0.3) is 0 Å². The molecule has 0 bridgehead atoms. The maximum atomic E-state index is 12.2. The van der Waals surface area contributed by atoms with Crippen molar-refractivity contribution in [3.05, 3.63) is 107 Å². The lowest BCUT2D eigenvalue weighted by atomic mass is 9.89. The first-order valence-corrected chi connectivity index (χ1v) is 22.5. The lowest BCUT2D eigenvalue weighted by Gasteiger charge is -2.28. The molecule has 6 heterocycles. The zero-order chi connectivity index (χ0) is 46.7. The van der Waals surface area contributed by atoms with Crippen molar-refractivity contribution in [2.75, 3.05) is 23.8 Å². The van der Waals surface area contributed by atoms with Crippen LogP contribution in [0.5, 0.6) is 11.8 Å². The van der Waals surface area contributed by atoms with Crippen LogP contribution in [-0.2, 0) is 20.6 Å². The van der Waals surface area contributed by atoms with Crippen LogP contribution < -0.4 is 31.6 Å². The average molecular weight is 897 g/mol. The minimum absolute atomic E-state index is 0.0892. The average Bonchev–Trinajstić information content (AvgIpc) is 4.26. The van der Waals surface area contributed by atoms with E-state index < -0.39 is 11.1 Å². The van der Waals surface area contributed by atoms with Gasteiger partial charge in [-0.25, -0.2) is 29.5 Å². The molecule has 2 saturated carbocycles. The van der Waals surface area contributed by atoms with Gasteiger partial charge >= 0.3 is 11.9 Å². The lowest BCUT2D eigenvalue weighted by Crippen LogP contribution is -2.37. The lowest BCUT2D eigenvalue weighted by molar-refractivity contribution is 0.0232. The Bertz CT molecular complexity index is 2670. The highest BCUT2D eigenvalue weighted by atomic mass is 16.5. The Morgan fingerprint density at radius 3 is 1.36 bits per heavy atom. The van der Waals surface area contributed by atoms with E-state index in [2.05, 4.69) is 30.6 Å². The van der Waals surface area contributed by atoms with Crippen LogP contribution in [-0.4, -0.2) is 79.7 Å². The molecule has 2 aliphatic heterocycles. The Morgan fingerprint density at radius 2 is 1.00 bits per heavy atom. The van der Waals surface area contributed by atoms with Gasteiger partial charge in [-0.1, -0.05) is 13.8 Å². The van der Waals surface area contributed by atoms with Crippen molar-refractivity contribution in [1.29, 1.82) is 0 Å². The number of ether oxygens (including phenoxy) is 4. The predicted octanol–water partition coefficient (Wildman–Crippen LogP) is 7.49. The van der Waals surface area contributed by atoms with E-state index in [0.29, 0.717) is 45.6 Å². The second-order valence-electron chi connectivity index (χ2n) is 18.6. The highest BCUT2D eigenvalue weighted by Gasteiger charge is 2.33. The molecule has 4 aromatic heterocycles. The fourth-order valence-corrected chi connectivity index (χ4v) is 8.19. The molecule has 16 nitrogen and oxygen atoms in total. The number of anilines is 4. The molecule has 0 radical (unpaired) electrons. The van der Waals surface area contributed by atoms with E-state index in [1.807, 2.05) is 64.1 Å². The number of carbonyl (C=O) groups excluding carboxylic acids is 2. The number of nitrogens with one attached hydrogen (secondary N) is 2. The van der Waals surface area contributed by atoms with Gasteiger partial charge in [-0.05, 0) is 124 Å². The summed E-state index contributed by atoms with van der Waals surface area (Å²) in [4.78, 5) is 42.5. The summed E-state index contributed by atoms with van der Waals surface area (Å²) in [5.41, 5.74) is 16.9. The third kappa shape index (κ3) is 8.93. The number of aliphatic hydroxyl groups is 2. The van der Waals surface area contributed by atoms with Crippen molar-refractivity contribution in [1.82, 2.24) is 19.9 Å². The number of benzene rings is 2. The number of nitrogens with two attached hydrogens (primary N) is 2. The van der Waals surface area contributed by atoms with Crippen LogP contribution in [0.1, 0.15) is 122 Å². The Hall–Kier alpha value is -6.46. The number of esters is 2. The van der Waals surface area contributed by atoms with E-state index in [0.717, 1.165) is 69.7 Å². The zero-order valence-electron chi connectivity index (χ0n) is 37.9. The van der Waals surface area contributed by atoms with Gasteiger partial charge in [-0.2, -0.15) is 0 Å². The van der Waals surface area contributed by atoms with Crippen molar-refractivity contribution < 1.29 is 38.7 Å². The van der Waals surface area contributed by atoms with Gasteiger partial charge < -0.3 is 51.3 Å². The number of aliphatic hydroxyl groups excluding tert-OH is 2. The molecule has 2 aromatic carbocycles. The molecule has 6 aromatic rings. The van der Waals surface area contributed by atoms with Crippen molar-refractivity contribution >= 4 is 56.5 Å². The van der Waals surface area contributed by atoms with Crippen LogP contribution in [0.2, 0.25) is 0 Å². The zero-order valence-corrected chi connectivity index (χ0v) is 37.9. The Morgan fingerprint density at radius 1 is 0.606 bits per heavy atom. The topological polar surface area (TPSA) is 239 Å². The van der Waals surface area contributed by atoms with Gasteiger partial charge in [0.05, 0.1) is 46.2 Å². The quantitative estimate of drug-likeness (QED) is 0.0653. The van der Waals surface area contributed by atoms with Crippen LogP contribution in [0.15, 0.2) is 73.3 Å². The number of rotatable bonds is 12. The van der Waals surface area contributed by atoms with Crippen LogP contribution in [0.25, 0.3) is 21.5 Å². The van der Waals surface area contributed by atoms with Gasteiger partial charge in [-0.15, -0.1) is 0 Å². The van der Waals surface area contributed by atoms with Crippen molar-refractivity contribution in [2.45, 2.75) is 115 Å². The number of cyclic esters (lactones) is 2. The maximum Gasteiger partial charge on any atom is 0.338 e. The minimum Gasteiger partial charge on any atom is -0.474 e. The van der Waals surface area contributed by atoms with Gasteiger partial charge in [0.1, 0.15) is 36.1 Å². The van der Waals surface area contributed by atoms with Crippen molar-refractivity contribution in [2.24, 2.45) is 11.5 Å². The third-order valence-corrected chi connectivity index (χ3v) is 13.0. The SMILES string of the molecule is C[C@@H]1OC(=O)c2ccc(Nc3cc4c([C@@](C)(N)CO)cnc(OC5CC5)c4cn3)cc2[C@H]1C.C[C@@H]1OC(=O)c2ccc(Nc3cc4c([C@](C)(N)CO)cnc(OC5CC5)c4cn3)cc2[C@H]1C. The number of fused-ring (bicyclic) bond motifs is 4. The molecule has 0 spiro atoms. The molecule has 0 saturated heterocycles. The number of hydrogen-bond acceptors (Lipinski definition) is 16. The van der Waals surface area contributed by atoms with Gasteiger partial charge in [-0.3, -0.25) is 0 Å². The van der Waals surface area contributed by atoms with Crippen molar-refractivity contribution in [3.8, 4) is 11.8 Å². The normalized spacial score (nSPS) is 21.8. The number of hydrogen-bond donors (Lipinski definition) is 6. The summed E-state index contributed by atoms with van der Waals surface area (Å²) in [7, 11) is 0. The summed E-state index contributed by atoms with van der Waals surface area (Å²) < 4.78 is 22.8. The number of pyridine rings is 4. The molecule has 8 N–H and O–H groups in total. The summed E-state index contributed by atoms with van der Waals surface area (Å²) in [5.74, 6) is 1.87. The van der Waals surface area contributed by atoms with E-state index >= 15 is 0 Å². The van der Waals surface area contributed by atoms with Crippen LogP contribution in [0, 0.1) is 0 Å². The molecule has 66 heavy (non-hydrogen) atoms. The fraction of sp³-hybridized carbons (Fsp3) is 0.400. The summed E-state index contributed by atoms with van der Waals surface area (Å²) in [6.45, 7) is 11.0. The molecule has 16 heteroatoms. The second-order valence-corrected chi connectivity index (χ2v) is 18.6. The number of aromatic nitrogens is 4. The second kappa shape index (κ2) is 17.4.